The zero-order valence-electron chi connectivity index (χ0n) is 40.6. The van der Waals surface area contributed by atoms with Crippen LogP contribution in [0.15, 0.2) is 291 Å². The van der Waals surface area contributed by atoms with Gasteiger partial charge in [0, 0.05) is 33.5 Å². The summed E-state index contributed by atoms with van der Waals surface area (Å²) in [5.41, 5.74) is 9.24. The lowest BCUT2D eigenvalue weighted by molar-refractivity contribution is 1.17. The van der Waals surface area contributed by atoms with Crippen LogP contribution in [0.3, 0.4) is 0 Å². The summed E-state index contributed by atoms with van der Waals surface area (Å²) in [4.78, 5) is 2.38. The van der Waals surface area contributed by atoms with E-state index in [4.69, 9.17) is 0 Å². The molecule has 12 rings (SSSR count). The highest BCUT2D eigenvalue weighted by molar-refractivity contribution is 7.20. The number of aromatic nitrogens is 1. The Morgan fingerprint density at radius 3 is 0.903 bits per heavy atom. The number of hydrogen-bond acceptors (Lipinski definition) is 1. The second-order valence-electron chi connectivity index (χ2n) is 19.0. The molecule has 1 heterocycles. The fraction of sp³-hybridized carbons (Fsp3) is 0.0294. The van der Waals surface area contributed by atoms with Gasteiger partial charge in [-0.3, -0.25) is 0 Å². The first kappa shape index (κ1) is 44.6. The molecule has 0 radical (unpaired) electrons. The highest BCUT2D eigenvalue weighted by atomic mass is 28.3. The molecular weight excluding hydrogens is 901 g/mol. The molecule has 2 nitrogen and oxygen atoms in total. The number of benzene rings is 11. The first-order valence-electron chi connectivity index (χ1n) is 25.0. The quantitative estimate of drug-likeness (QED) is 0.0875. The molecule has 0 saturated carbocycles. The summed E-state index contributed by atoms with van der Waals surface area (Å²) in [5.74, 6) is 0. The van der Waals surface area contributed by atoms with Gasteiger partial charge in [0.25, 0.3) is 0 Å². The molecule has 11 aromatic carbocycles. The third-order valence-corrected chi connectivity index (χ3v) is 24.4. The van der Waals surface area contributed by atoms with E-state index >= 15 is 0 Å². The lowest BCUT2D eigenvalue weighted by atomic mass is 10.1. The van der Waals surface area contributed by atoms with Crippen molar-refractivity contribution in [3.63, 3.8) is 0 Å². The van der Waals surface area contributed by atoms with Crippen LogP contribution in [0.4, 0.5) is 17.1 Å². The first-order valence-corrected chi connectivity index (χ1v) is 29.0. The zero-order chi connectivity index (χ0) is 48.5. The third-order valence-electron chi connectivity index (χ3n) is 14.8. The summed E-state index contributed by atoms with van der Waals surface area (Å²) in [7, 11) is -5.79. The summed E-state index contributed by atoms with van der Waals surface area (Å²) in [6.07, 6.45) is 0. The van der Waals surface area contributed by atoms with E-state index in [1.807, 2.05) is 0 Å². The molecule has 344 valence electrons. The van der Waals surface area contributed by atoms with Crippen LogP contribution >= 0.6 is 0 Å². The molecule has 0 unspecified atom stereocenters. The Labute approximate surface area is 425 Å². The van der Waals surface area contributed by atoms with Gasteiger partial charge in [0.05, 0.1) is 11.0 Å². The minimum Gasteiger partial charge on any atom is -0.310 e. The fourth-order valence-corrected chi connectivity index (χ4v) is 21.0. The van der Waals surface area contributed by atoms with Crippen molar-refractivity contribution in [3.05, 3.63) is 302 Å². The van der Waals surface area contributed by atoms with Crippen molar-refractivity contribution in [3.8, 4) is 5.69 Å². The molecule has 0 aliphatic carbocycles. The van der Waals surface area contributed by atoms with Crippen LogP contribution < -0.4 is 46.4 Å². The van der Waals surface area contributed by atoms with Crippen LogP contribution in [-0.2, 0) is 0 Å². The smallest absolute Gasteiger partial charge is 0.179 e. The van der Waals surface area contributed by atoms with Crippen LogP contribution in [0, 0.1) is 13.8 Å². The Balaban J connectivity index is 1.18. The SMILES string of the molecule is Cc1ccc(N(c2ccc(C)cc2)c2cccc(-n3c4ccc([Si](c5ccccc5)(c5ccccc5)c5ccccc5)cc4c4cc([Si](c5ccccc5)(c5ccccc5)c5ccccc5)ccc43)c2)cc1. The molecule has 0 saturated heterocycles. The molecule has 0 spiro atoms. The molecule has 12 aromatic rings. The average Bonchev–Trinajstić information content (AvgIpc) is 3.78. The summed E-state index contributed by atoms with van der Waals surface area (Å²) in [6.45, 7) is 4.30. The normalized spacial score (nSPS) is 11.8. The van der Waals surface area contributed by atoms with Crippen molar-refractivity contribution < 1.29 is 0 Å². The first-order chi connectivity index (χ1) is 35.5. The Morgan fingerprint density at radius 1 is 0.264 bits per heavy atom. The molecule has 4 heteroatoms. The summed E-state index contributed by atoms with van der Waals surface area (Å²) in [6, 6.07) is 109. The summed E-state index contributed by atoms with van der Waals surface area (Å²) in [5, 5.41) is 13.3. The lowest BCUT2D eigenvalue weighted by Crippen LogP contribution is -2.74. The number of aryl methyl sites for hydroxylation is 2. The van der Waals surface area contributed by atoms with Crippen LogP contribution in [0.25, 0.3) is 27.5 Å². The monoisotopic (exact) mass is 954 g/mol. The molecule has 72 heavy (non-hydrogen) atoms. The molecular formula is C68H54N2Si2. The van der Waals surface area contributed by atoms with E-state index in [0.717, 1.165) is 22.7 Å². The predicted molar refractivity (Wildman–Crippen MR) is 312 cm³/mol. The van der Waals surface area contributed by atoms with Gasteiger partial charge < -0.3 is 9.47 Å². The largest absolute Gasteiger partial charge is 0.310 e. The molecule has 0 fully saturated rings. The number of rotatable bonds is 12. The van der Waals surface area contributed by atoms with Crippen molar-refractivity contribution >= 4 is 96.5 Å². The Bertz CT molecular complexity index is 3360. The van der Waals surface area contributed by atoms with Crippen LogP contribution in [0.1, 0.15) is 11.1 Å². The lowest BCUT2D eigenvalue weighted by Gasteiger charge is -2.34. The van der Waals surface area contributed by atoms with Gasteiger partial charge in [-0.05, 0) is 110 Å². The highest BCUT2D eigenvalue weighted by Gasteiger charge is 2.43. The number of fused-ring (bicyclic) bond motifs is 3. The van der Waals surface area contributed by atoms with Gasteiger partial charge in [0.15, 0.2) is 16.1 Å². The van der Waals surface area contributed by atoms with Gasteiger partial charge in [-0.15, -0.1) is 0 Å². The van der Waals surface area contributed by atoms with E-state index in [1.54, 1.807) is 0 Å². The fourth-order valence-electron chi connectivity index (χ4n) is 11.5. The van der Waals surface area contributed by atoms with E-state index in [1.165, 1.54) is 74.4 Å². The maximum Gasteiger partial charge on any atom is 0.179 e. The van der Waals surface area contributed by atoms with E-state index in [9.17, 15) is 0 Å². The molecule has 0 aliphatic heterocycles. The molecule has 0 amide bonds. The van der Waals surface area contributed by atoms with Crippen molar-refractivity contribution in [1.29, 1.82) is 0 Å². The summed E-state index contributed by atoms with van der Waals surface area (Å²) >= 11 is 0. The minimum absolute atomic E-state index is 1.09. The van der Waals surface area contributed by atoms with Crippen molar-refractivity contribution in [2.45, 2.75) is 13.8 Å². The average molecular weight is 955 g/mol. The second kappa shape index (κ2) is 19.0. The van der Waals surface area contributed by atoms with Crippen LogP contribution in [0.2, 0.25) is 0 Å². The molecule has 0 N–H and O–H groups in total. The van der Waals surface area contributed by atoms with E-state index in [0.29, 0.717) is 0 Å². The third kappa shape index (κ3) is 7.64. The van der Waals surface area contributed by atoms with Gasteiger partial charge >= 0.3 is 0 Å². The van der Waals surface area contributed by atoms with Gasteiger partial charge in [-0.1, -0.05) is 248 Å². The number of anilines is 3. The Kier molecular flexibility index (Phi) is 11.8. The van der Waals surface area contributed by atoms with Crippen molar-refractivity contribution in [1.82, 2.24) is 4.57 Å². The zero-order valence-corrected chi connectivity index (χ0v) is 42.6. The van der Waals surface area contributed by atoms with E-state index < -0.39 is 16.1 Å². The van der Waals surface area contributed by atoms with Crippen LogP contribution in [0.5, 0.6) is 0 Å². The van der Waals surface area contributed by atoms with Gasteiger partial charge in [-0.25, -0.2) is 0 Å². The van der Waals surface area contributed by atoms with Gasteiger partial charge in [0.2, 0.25) is 0 Å². The number of hydrogen-bond donors (Lipinski definition) is 0. The maximum absolute atomic E-state index is 2.90. The standard InChI is InChI=1S/C68H54N2Si2/c1-51-36-40-53(41-37-51)69(54-42-38-52(2)39-43-54)55-22-21-23-56(48-55)70-67-46-44-63(71(57-24-9-3-10-25-57,58-26-11-4-12-27-58)59-28-13-5-14-29-59)49-65(67)66-50-64(45-47-68(66)70)72(60-30-15-6-16-31-60,61-32-17-7-18-33-61)62-34-19-8-20-35-62/h3-50H,1-2H3. The number of nitrogens with zero attached hydrogens (tertiary/aromatic N) is 2. The maximum atomic E-state index is 2.57. The molecule has 0 atom stereocenters. The van der Waals surface area contributed by atoms with Gasteiger partial charge in [-0.2, -0.15) is 0 Å². The van der Waals surface area contributed by atoms with Gasteiger partial charge in [0.1, 0.15) is 0 Å². The molecule has 0 bridgehead atoms. The van der Waals surface area contributed by atoms with Crippen molar-refractivity contribution in [2.24, 2.45) is 0 Å². The van der Waals surface area contributed by atoms with Crippen molar-refractivity contribution in [2.75, 3.05) is 4.90 Å². The topological polar surface area (TPSA) is 8.17 Å². The Morgan fingerprint density at radius 2 is 0.583 bits per heavy atom. The molecule has 0 aliphatic rings. The van der Waals surface area contributed by atoms with E-state index in [2.05, 4.69) is 315 Å². The second-order valence-corrected chi connectivity index (χ2v) is 26.6. The molecule has 1 aromatic heterocycles. The predicted octanol–water partition coefficient (Wildman–Crippen LogP) is 11.6. The highest BCUT2D eigenvalue weighted by Crippen LogP contribution is 2.38. The Hall–Kier alpha value is -8.55. The minimum atomic E-state index is -2.90. The van der Waals surface area contributed by atoms with E-state index in [-0.39, 0.29) is 0 Å². The van der Waals surface area contributed by atoms with Crippen LogP contribution in [-0.4, -0.2) is 20.7 Å². The summed E-state index contributed by atoms with van der Waals surface area (Å²) < 4.78 is 2.51.